The van der Waals surface area contributed by atoms with Gasteiger partial charge < -0.3 is 12.9 Å². The van der Waals surface area contributed by atoms with E-state index in [0.717, 1.165) is 12.1 Å². The standard InChI is InChI=1S/C11H8BF3N/c13-12(14,15)10-6-4-9(5-7-10)11-3-1-2-8-16-11/h1-8H/q-1. The van der Waals surface area contributed by atoms with Crippen molar-refractivity contribution in [3.63, 3.8) is 0 Å². The van der Waals surface area contributed by atoms with E-state index in [1.807, 2.05) is 0 Å². The fourth-order valence-electron chi connectivity index (χ4n) is 1.41. The van der Waals surface area contributed by atoms with Crippen molar-refractivity contribution >= 4 is 12.4 Å². The lowest BCUT2D eigenvalue weighted by Gasteiger charge is -2.14. The Morgan fingerprint density at radius 3 is 2.06 bits per heavy atom. The number of pyridine rings is 1. The number of hydrogen-bond acceptors (Lipinski definition) is 1. The van der Waals surface area contributed by atoms with E-state index in [-0.39, 0.29) is 0 Å². The number of aromatic nitrogens is 1. The van der Waals surface area contributed by atoms with E-state index in [2.05, 4.69) is 4.98 Å². The van der Waals surface area contributed by atoms with Crippen LogP contribution in [-0.4, -0.2) is 12.0 Å². The monoisotopic (exact) mass is 222 g/mol. The third kappa shape index (κ3) is 2.24. The molecule has 0 unspecified atom stereocenters. The predicted octanol–water partition coefficient (Wildman–Crippen LogP) is 2.80. The zero-order valence-electron chi connectivity index (χ0n) is 8.28. The number of nitrogens with zero attached hydrogens (tertiary/aromatic N) is 1. The molecule has 0 fully saturated rings. The Morgan fingerprint density at radius 2 is 1.56 bits per heavy atom. The molecule has 2 aromatic rings. The molecule has 82 valence electrons. The molecule has 1 heterocycles. The Morgan fingerprint density at radius 1 is 0.875 bits per heavy atom. The molecule has 1 aromatic carbocycles. The molecule has 0 aliphatic carbocycles. The van der Waals surface area contributed by atoms with E-state index in [1.165, 1.54) is 12.1 Å². The Labute approximate surface area is 91.0 Å². The van der Waals surface area contributed by atoms with Gasteiger partial charge in [0.1, 0.15) is 0 Å². The lowest BCUT2D eigenvalue weighted by atomic mass is 9.80. The first-order chi connectivity index (χ1) is 7.57. The predicted molar refractivity (Wildman–Crippen MR) is 58.4 cm³/mol. The average molecular weight is 222 g/mol. The first kappa shape index (κ1) is 10.7. The Bertz CT molecular complexity index is 465. The molecule has 0 saturated carbocycles. The van der Waals surface area contributed by atoms with Crippen LogP contribution >= 0.6 is 0 Å². The molecule has 0 N–H and O–H groups in total. The van der Waals surface area contributed by atoms with Crippen molar-refractivity contribution in [2.45, 2.75) is 0 Å². The minimum atomic E-state index is -4.91. The quantitative estimate of drug-likeness (QED) is 0.712. The Kier molecular flexibility index (Phi) is 2.68. The molecule has 5 heteroatoms. The molecule has 1 aromatic heterocycles. The lowest BCUT2D eigenvalue weighted by Crippen LogP contribution is -2.33. The SMILES string of the molecule is F[B-](F)(F)c1ccc(-c2ccccn2)cc1. The highest BCUT2D eigenvalue weighted by Gasteiger charge is 2.24. The second kappa shape index (κ2) is 4.00. The van der Waals surface area contributed by atoms with Crippen LogP contribution in [0.4, 0.5) is 12.9 Å². The highest BCUT2D eigenvalue weighted by atomic mass is 19.4. The van der Waals surface area contributed by atoms with Crippen LogP contribution in [0.5, 0.6) is 0 Å². The summed E-state index contributed by atoms with van der Waals surface area (Å²) in [5, 5.41) is 0. The first-order valence-electron chi connectivity index (χ1n) is 4.79. The third-order valence-electron chi connectivity index (χ3n) is 2.25. The summed E-state index contributed by atoms with van der Waals surface area (Å²) in [5.41, 5.74) is 0.771. The lowest BCUT2D eigenvalue weighted by molar-refractivity contribution is 0.501. The molecule has 0 bridgehead atoms. The Balaban J connectivity index is 2.34. The summed E-state index contributed by atoms with van der Waals surface area (Å²) in [6, 6.07) is 10.4. The van der Waals surface area contributed by atoms with E-state index in [0.29, 0.717) is 11.3 Å². The summed E-state index contributed by atoms with van der Waals surface area (Å²) >= 11 is 0. The Hall–Kier alpha value is -1.78. The van der Waals surface area contributed by atoms with Gasteiger partial charge in [0.25, 0.3) is 0 Å². The van der Waals surface area contributed by atoms with Gasteiger partial charge in [0.05, 0.1) is 5.69 Å². The van der Waals surface area contributed by atoms with E-state index in [9.17, 15) is 12.9 Å². The maximum atomic E-state index is 12.4. The number of hydrogen-bond donors (Lipinski definition) is 0. The number of rotatable bonds is 2. The van der Waals surface area contributed by atoms with Gasteiger partial charge in [-0.2, -0.15) is 0 Å². The fraction of sp³-hybridized carbons (Fsp3) is 0. The highest BCUT2D eigenvalue weighted by molar-refractivity contribution is 6.73. The van der Waals surface area contributed by atoms with Crippen molar-refractivity contribution in [3.8, 4) is 11.3 Å². The van der Waals surface area contributed by atoms with Crippen molar-refractivity contribution in [1.82, 2.24) is 4.98 Å². The topological polar surface area (TPSA) is 12.9 Å². The smallest absolute Gasteiger partial charge is 0.445 e. The summed E-state index contributed by atoms with van der Waals surface area (Å²) in [7, 11) is 0. The average Bonchev–Trinajstić information content (AvgIpc) is 2.29. The van der Waals surface area contributed by atoms with Gasteiger partial charge in [-0.05, 0) is 17.7 Å². The van der Waals surface area contributed by atoms with Crippen molar-refractivity contribution in [1.29, 1.82) is 0 Å². The van der Waals surface area contributed by atoms with Gasteiger partial charge in [-0.3, -0.25) is 4.98 Å². The van der Waals surface area contributed by atoms with Crippen molar-refractivity contribution in [2.24, 2.45) is 0 Å². The van der Waals surface area contributed by atoms with Gasteiger partial charge in [0.15, 0.2) is 0 Å². The zero-order chi connectivity index (χ0) is 11.6. The van der Waals surface area contributed by atoms with E-state index in [4.69, 9.17) is 0 Å². The maximum Gasteiger partial charge on any atom is 0.509 e. The molecular weight excluding hydrogens is 214 g/mol. The van der Waals surface area contributed by atoms with Crippen molar-refractivity contribution in [3.05, 3.63) is 48.7 Å². The second-order valence-corrected chi connectivity index (χ2v) is 3.41. The molecule has 1 nitrogen and oxygen atoms in total. The van der Waals surface area contributed by atoms with Crippen molar-refractivity contribution in [2.75, 3.05) is 0 Å². The summed E-state index contributed by atoms with van der Waals surface area (Å²) < 4.78 is 37.1. The third-order valence-corrected chi connectivity index (χ3v) is 2.25. The molecule has 0 amide bonds. The van der Waals surface area contributed by atoms with Gasteiger partial charge in [-0.25, -0.2) is 0 Å². The first-order valence-corrected chi connectivity index (χ1v) is 4.79. The van der Waals surface area contributed by atoms with Crippen LogP contribution in [0.2, 0.25) is 0 Å². The van der Waals surface area contributed by atoms with Gasteiger partial charge in [-0.15, -0.1) is 5.46 Å². The molecule has 0 atom stereocenters. The van der Waals surface area contributed by atoms with Crippen LogP contribution in [0.25, 0.3) is 11.3 Å². The highest BCUT2D eigenvalue weighted by Crippen LogP contribution is 2.16. The zero-order valence-corrected chi connectivity index (χ0v) is 8.28. The molecule has 2 rings (SSSR count). The van der Waals surface area contributed by atoms with Gasteiger partial charge in [-0.1, -0.05) is 30.3 Å². The summed E-state index contributed by atoms with van der Waals surface area (Å²) in [4.78, 5) is 4.06. The van der Waals surface area contributed by atoms with Crippen LogP contribution in [0.1, 0.15) is 0 Å². The van der Waals surface area contributed by atoms with E-state index >= 15 is 0 Å². The fourth-order valence-corrected chi connectivity index (χ4v) is 1.41. The molecule has 16 heavy (non-hydrogen) atoms. The van der Waals surface area contributed by atoms with Crippen LogP contribution in [0.3, 0.4) is 0 Å². The van der Waals surface area contributed by atoms with Gasteiger partial charge >= 0.3 is 6.98 Å². The largest absolute Gasteiger partial charge is 0.509 e. The van der Waals surface area contributed by atoms with Gasteiger partial charge in [0.2, 0.25) is 0 Å². The molecule has 0 saturated heterocycles. The van der Waals surface area contributed by atoms with Crippen LogP contribution in [0.15, 0.2) is 48.7 Å². The van der Waals surface area contributed by atoms with Crippen LogP contribution in [0, 0.1) is 0 Å². The molecule has 0 aliphatic rings. The van der Waals surface area contributed by atoms with Crippen molar-refractivity contribution < 1.29 is 12.9 Å². The maximum absolute atomic E-state index is 12.4. The summed E-state index contributed by atoms with van der Waals surface area (Å²) in [6.07, 6.45) is 1.61. The number of benzene rings is 1. The normalized spacial score (nSPS) is 11.4. The number of halogens is 3. The molecular formula is C11H8BF3N-. The van der Waals surface area contributed by atoms with Gasteiger partial charge in [0, 0.05) is 6.20 Å². The van der Waals surface area contributed by atoms with E-state index in [1.54, 1.807) is 24.4 Å². The summed E-state index contributed by atoms with van der Waals surface area (Å²) in [6.45, 7) is -4.91. The second-order valence-electron chi connectivity index (χ2n) is 3.41. The van der Waals surface area contributed by atoms with E-state index < -0.39 is 12.4 Å². The summed E-state index contributed by atoms with van der Waals surface area (Å²) in [5.74, 6) is 0. The van der Waals surface area contributed by atoms with Crippen LogP contribution < -0.4 is 5.46 Å². The molecule has 0 radical (unpaired) electrons. The molecule has 0 aliphatic heterocycles. The van der Waals surface area contributed by atoms with Crippen LogP contribution in [-0.2, 0) is 0 Å². The minimum absolute atomic E-state index is 0.584. The molecule has 0 spiro atoms. The minimum Gasteiger partial charge on any atom is -0.445 e.